The van der Waals surface area contributed by atoms with Gasteiger partial charge in [0.2, 0.25) is 0 Å². The Balaban J connectivity index is 2.08. The van der Waals surface area contributed by atoms with E-state index >= 15 is 0 Å². The summed E-state index contributed by atoms with van der Waals surface area (Å²) in [4.78, 5) is 19.1. The summed E-state index contributed by atoms with van der Waals surface area (Å²) in [5.41, 5.74) is 0.914. The summed E-state index contributed by atoms with van der Waals surface area (Å²) >= 11 is 0. The van der Waals surface area contributed by atoms with E-state index in [4.69, 9.17) is 5.11 Å². The fourth-order valence-corrected chi connectivity index (χ4v) is 1.64. The van der Waals surface area contributed by atoms with Crippen molar-refractivity contribution >= 4 is 11.8 Å². The highest BCUT2D eigenvalue weighted by atomic mass is 16.4. The molecule has 0 aromatic carbocycles. The molecule has 0 amide bonds. The molecule has 1 saturated carbocycles. The standard InChI is InChI=1S/C11H15N3O2/c1-2-8-5-9(13-6-12-8)14-10(11(15)16)7-3-4-7/h5-7,10H,2-4H2,1H3,(H,15,16)(H,12,13,14). The maximum absolute atomic E-state index is 11.0. The second-order valence-corrected chi connectivity index (χ2v) is 4.05. The molecular weight excluding hydrogens is 206 g/mol. The molecule has 1 aromatic heterocycles. The molecule has 1 fully saturated rings. The molecule has 0 bridgehead atoms. The third-order valence-corrected chi connectivity index (χ3v) is 2.75. The minimum absolute atomic E-state index is 0.248. The summed E-state index contributed by atoms with van der Waals surface area (Å²) in [6.07, 6.45) is 4.25. The van der Waals surface area contributed by atoms with Gasteiger partial charge < -0.3 is 10.4 Å². The molecule has 0 aliphatic heterocycles. The predicted octanol–water partition coefficient (Wildman–Crippen LogP) is 1.31. The van der Waals surface area contributed by atoms with Gasteiger partial charge >= 0.3 is 5.97 Å². The first-order valence-electron chi connectivity index (χ1n) is 5.51. The number of carboxylic acid groups (broad SMARTS) is 1. The smallest absolute Gasteiger partial charge is 0.326 e. The van der Waals surface area contributed by atoms with Gasteiger partial charge in [0.05, 0.1) is 0 Å². The first kappa shape index (κ1) is 10.9. The van der Waals surface area contributed by atoms with E-state index in [1.165, 1.54) is 6.33 Å². The van der Waals surface area contributed by atoms with Crippen LogP contribution in [0.5, 0.6) is 0 Å². The molecule has 1 aromatic rings. The summed E-state index contributed by atoms with van der Waals surface area (Å²) in [7, 11) is 0. The monoisotopic (exact) mass is 221 g/mol. The van der Waals surface area contributed by atoms with E-state index < -0.39 is 12.0 Å². The Labute approximate surface area is 93.9 Å². The summed E-state index contributed by atoms with van der Waals surface area (Å²) < 4.78 is 0. The summed E-state index contributed by atoms with van der Waals surface area (Å²) in [6, 6.07) is 1.29. The van der Waals surface area contributed by atoms with Gasteiger partial charge in [-0.2, -0.15) is 0 Å². The summed E-state index contributed by atoms with van der Waals surface area (Å²) in [5, 5.41) is 12.0. The highest BCUT2D eigenvalue weighted by molar-refractivity contribution is 5.77. The molecule has 2 rings (SSSR count). The van der Waals surface area contributed by atoms with Gasteiger partial charge in [-0.3, -0.25) is 0 Å². The molecule has 5 heteroatoms. The Bertz CT molecular complexity index is 391. The molecule has 5 nitrogen and oxygen atoms in total. The molecule has 0 saturated heterocycles. The normalized spacial score (nSPS) is 16.8. The Morgan fingerprint density at radius 3 is 2.94 bits per heavy atom. The molecule has 1 aliphatic rings. The van der Waals surface area contributed by atoms with Gasteiger partial charge in [0.15, 0.2) is 0 Å². The van der Waals surface area contributed by atoms with E-state index in [0.717, 1.165) is 25.0 Å². The lowest BCUT2D eigenvalue weighted by molar-refractivity contribution is -0.138. The van der Waals surface area contributed by atoms with Gasteiger partial charge in [-0.05, 0) is 25.2 Å². The van der Waals surface area contributed by atoms with Crippen LogP contribution in [0.2, 0.25) is 0 Å². The molecule has 1 aliphatic carbocycles. The molecule has 16 heavy (non-hydrogen) atoms. The molecule has 86 valence electrons. The van der Waals surface area contributed by atoms with Crippen molar-refractivity contribution in [2.75, 3.05) is 5.32 Å². The average Bonchev–Trinajstić information content (AvgIpc) is 3.10. The molecule has 1 heterocycles. The number of carboxylic acids is 1. The topological polar surface area (TPSA) is 75.1 Å². The Hall–Kier alpha value is -1.65. The van der Waals surface area contributed by atoms with Crippen molar-refractivity contribution in [3.8, 4) is 0 Å². The largest absolute Gasteiger partial charge is 0.480 e. The second-order valence-electron chi connectivity index (χ2n) is 4.05. The van der Waals surface area contributed by atoms with Crippen LogP contribution in [-0.2, 0) is 11.2 Å². The van der Waals surface area contributed by atoms with Crippen molar-refractivity contribution in [2.45, 2.75) is 32.2 Å². The maximum atomic E-state index is 11.0. The van der Waals surface area contributed by atoms with Gasteiger partial charge in [-0.25, -0.2) is 14.8 Å². The summed E-state index contributed by atoms with van der Waals surface area (Å²) in [5.74, 6) is 0.0443. The lowest BCUT2D eigenvalue weighted by Crippen LogP contribution is -2.31. The molecule has 1 atom stereocenters. The number of nitrogens with one attached hydrogen (secondary N) is 1. The van der Waals surface area contributed by atoms with Crippen LogP contribution in [0.25, 0.3) is 0 Å². The molecule has 2 N–H and O–H groups in total. The number of nitrogens with zero attached hydrogens (tertiary/aromatic N) is 2. The van der Waals surface area contributed by atoms with Crippen molar-refractivity contribution in [1.82, 2.24) is 9.97 Å². The maximum Gasteiger partial charge on any atom is 0.326 e. The van der Waals surface area contributed by atoms with Gasteiger partial charge in [-0.1, -0.05) is 6.92 Å². The van der Waals surface area contributed by atoms with E-state index in [1.807, 2.05) is 6.92 Å². The number of aryl methyl sites for hydroxylation is 1. The number of hydrogen-bond acceptors (Lipinski definition) is 4. The van der Waals surface area contributed by atoms with E-state index in [0.29, 0.717) is 5.82 Å². The molecule has 0 spiro atoms. The third-order valence-electron chi connectivity index (χ3n) is 2.75. The van der Waals surface area contributed by atoms with Gasteiger partial charge in [0, 0.05) is 11.8 Å². The van der Waals surface area contributed by atoms with Crippen LogP contribution >= 0.6 is 0 Å². The van der Waals surface area contributed by atoms with Crippen LogP contribution in [0, 0.1) is 5.92 Å². The molecular formula is C11H15N3O2. The van der Waals surface area contributed by atoms with Gasteiger partial charge in [0.25, 0.3) is 0 Å². The first-order chi connectivity index (χ1) is 7.70. The van der Waals surface area contributed by atoms with Crippen molar-refractivity contribution in [3.05, 3.63) is 18.1 Å². The van der Waals surface area contributed by atoms with Crippen LogP contribution in [0.3, 0.4) is 0 Å². The average molecular weight is 221 g/mol. The minimum Gasteiger partial charge on any atom is -0.480 e. The predicted molar refractivity (Wildman–Crippen MR) is 59.2 cm³/mol. The summed E-state index contributed by atoms with van der Waals surface area (Å²) in [6.45, 7) is 2.00. The van der Waals surface area contributed by atoms with Gasteiger partial charge in [-0.15, -0.1) is 0 Å². The Morgan fingerprint density at radius 1 is 1.62 bits per heavy atom. The van der Waals surface area contributed by atoms with E-state index in [9.17, 15) is 4.79 Å². The fourth-order valence-electron chi connectivity index (χ4n) is 1.64. The van der Waals surface area contributed by atoms with E-state index in [1.54, 1.807) is 6.07 Å². The van der Waals surface area contributed by atoms with Crippen molar-refractivity contribution in [3.63, 3.8) is 0 Å². The lowest BCUT2D eigenvalue weighted by atomic mass is 10.2. The van der Waals surface area contributed by atoms with Crippen LogP contribution in [0.15, 0.2) is 12.4 Å². The van der Waals surface area contributed by atoms with Crippen molar-refractivity contribution < 1.29 is 9.90 Å². The van der Waals surface area contributed by atoms with E-state index in [-0.39, 0.29) is 5.92 Å². The van der Waals surface area contributed by atoms with Crippen LogP contribution in [-0.4, -0.2) is 27.1 Å². The zero-order valence-corrected chi connectivity index (χ0v) is 9.18. The third kappa shape index (κ3) is 2.48. The quantitative estimate of drug-likeness (QED) is 0.784. The Morgan fingerprint density at radius 2 is 2.38 bits per heavy atom. The highest BCUT2D eigenvalue weighted by Gasteiger charge is 2.36. The number of carbonyl (C=O) groups is 1. The van der Waals surface area contributed by atoms with Crippen molar-refractivity contribution in [2.24, 2.45) is 5.92 Å². The van der Waals surface area contributed by atoms with Gasteiger partial charge in [0.1, 0.15) is 18.2 Å². The highest BCUT2D eigenvalue weighted by Crippen LogP contribution is 2.34. The second kappa shape index (κ2) is 4.47. The first-order valence-corrected chi connectivity index (χ1v) is 5.51. The van der Waals surface area contributed by atoms with Crippen LogP contribution in [0.1, 0.15) is 25.5 Å². The number of rotatable bonds is 5. The molecule has 1 unspecified atom stereocenters. The zero-order valence-electron chi connectivity index (χ0n) is 9.18. The number of anilines is 1. The number of aliphatic carboxylic acids is 1. The minimum atomic E-state index is -0.806. The lowest BCUT2D eigenvalue weighted by Gasteiger charge is -2.14. The fraction of sp³-hybridized carbons (Fsp3) is 0.545. The number of hydrogen-bond donors (Lipinski definition) is 2. The SMILES string of the molecule is CCc1cc(NC(C(=O)O)C2CC2)ncn1. The van der Waals surface area contributed by atoms with Crippen LogP contribution < -0.4 is 5.32 Å². The number of aromatic nitrogens is 2. The van der Waals surface area contributed by atoms with Crippen molar-refractivity contribution in [1.29, 1.82) is 0 Å². The Kier molecular flexibility index (Phi) is 3.03. The van der Waals surface area contributed by atoms with E-state index in [2.05, 4.69) is 15.3 Å². The molecule has 0 radical (unpaired) electrons. The van der Waals surface area contributed by atoms with Crippen LogP contribution in [0.4, 0.5) is 5.82 Å². The zero-order chi connectivity index (χ0) is 11.5.